The highest BCUT2D eigenvalue weighted by atomic mass is 15.4. The molecule has 0 amide bonds. The third kappa shape index (κ3) is 3.63. The minimum absolute atomic E-state index is 0.244. The van der Waals surface area contributed by atoms with Crippen LogP contribution in [0.5, 0.6) is 0 Å². The second-order valence-electron chi connectivity index (χ2n) is 5.06. The van der Waals surface area contributed by atoms with Gasteiger partial charge in [0.25, 0.3) is 0 Å². The lowest BCUT2D eigenvalue weighted by molar-refractivity contribution is 0.268. The van der Waals surface area contributed by atoms with Crippen molar-refractivity contribution in [2.45, 2.75) is 40.2 Å². The Bertz CT molecular complexity index is 298. The summed E-state index contributed by atoms with van der Waals surface area (Å²) in [6.45, 7) is 9.86. The summed E-state index contributed by atoms with van der Waals surface area (Å²) in [6, 6.07) is 0.444. The van der Waals surface area contributed by atoms with E-state index in [-0.39, 0.29) is 5.41 Å². The second-order valence-corrected chi connectivity index (χ2v) is 5.06. The van der Waals surface area contributed by atoms with Crippen molar-refractivity contribution < 1.29 is 0 Å². The van der Waals surface area contributed by atoms with Crippen molar-refractivity contribution in [2.24, 2.45) is 12.5 Å². The number of aromatic nitrogens is 3. The summed E-state index contributed by atoms with van der Waals surface area (Å²) in [4.78, 5) is 0. The zero-order chi connectivity index (χ0) is 11.5. The van der Waals surface area contributed by atoms with Crippen LogP contribution in [0, 0.1) is 5.41 Å². The number of nitrogens with one attached hydrogen (secondary N) is 1. The van der Waals surface area contributed by atoms with E-state index < -0.39 is 0 Å². The zero-order valence-corrected chi connectivity index (χ0v) is 10.4. The summed E-state index contributed by atoms with van der Waals surface area (Å²) in [7, 11) is 1.90. The van der Waals surface area contributed by atoms with E-state index in [2.05, 4.69) is 43.3 Å². The molecule has 0 aliphatic rings. The van der Waals surface area contributed by atoms with Crippen LogP contribution in [0.3, 0.4) is 0 Å². The maximum atomic E-state index is 4.12. The van der Waals surface area contributed by atoms with Gasteiger partial charge in [0.1, 0.15) is 0 Å². The van der Waals surface area contributed by atoms with Gasteiger partial charge in [0.15, 0.2) is 0 Å². The zero-order valence-electron chi connectivity index (χ0n) is 10.4. The van der Waals surface area contributed by atoms with Gasteiger partial charge in [-0.2, -0.15) is 0 Å². The highest BCUT2D eigenvalue weighted by Crippen LogP contribution is 2.21. The lowest BCUT2D eigenvalue weighted by Gasteiger charge is -2.30. The van der Waals surface area contributed by atoms with Crippen LogP contribution in [0.1, 0.15) is 33.4 Å². The lowest BCUT2D eigenvalue weighted by Crippen LogP contribution is -2.41. The standard InChI is InChI=1S/C11H22N4/c1-6-12-10(11(2,3)4)7-9-8-15(5)14-13-9/h8,10,12H,6-7H2,1-5H3. The monoisotopic (exact) mass is 210 g/mol. The second kappa shape index (κ2) is 4.75. The van der Waals surface area contributed by atoms with Crippen LogP contribution in [0.15, 0.2) is 6.20 Å². The fraction of sp³-hybridized carbons (Fsp3) is 0.818. The van der Waals surface area contributed by atoms with Gasteiger partial charge >= 0.3 is 0 Å². The summed E-state index contributed by atoms with van der Waals surface area (Å²) in [5.74, 6) is 0. The van der Waals surface area contributed by atoms with E-state index in [0.717, 1.165) is 18.7 Å². The van der Waals surface area contributed by atoms with E-state index in [1.165, 1.54) is 0 Å². The van der Waals surface area contributed by atoms with Gasteiger partial charge in [0.2, 0.25) is 0 Å². The number of hydrogen-bond acceptors (Lipinski definition) is 3. The minimum atomic E-state index is 0.244. The normalized spacial score (nSPS) is 14.2. The summed E-state index contributed by atoms with van der Waals surface area (Å²) in [6.07, 6.45) is 2.92. The third-order valence-corrected chi connectivity index (χ3v) is 2.56. The Hall–Kier alpha value is -0.900. The number of rotatable bonds is 4. The molecule has 0 aliphatic heterocycles. The van der Waals surface area contributed by atoms with Crippen LogP contribution in [0.25, 0.3) is 0 Å². The molecule has 0 fully saturated rings. The smallest absolute Gasteiger partial charge is 0.0842 e. The van der Waals surface area contributed by atoms with Gasteiger partial charge in [-0.05, 0) is 12.0 Å². The van der Waals surface area contributed by atoms with Gasteiger partial charge in [-0.25, -0.2) is 0 Å². The van der Waals surface area contributed by atoms with Crippen molar-refractivity contribution in [1.82, 2.24) is 20.3 Å². The predicted molar refractivity (Wildman–Crippen MR) is 61.6 cm³/mol. The molecule has 1 heterocycles. The van der Waals surface area contributed by atoms with E-state index in [1.54, 1.807) is 4.68 Å². The maximum Gasteiger partial charge on any atom is 0.0842 e. The van der Waals surface area contributed by atoms with Crippen LogP contribution >= 0.6 is 0 Å². The van der Waals surface area contributed by atoms with E-state index in [0.29, 0.717) is 6.04 Å². The van der Waals surface area contributed by atoms with Crippen molar-refractivity contribution in [3.05, 3.63) is 11.9 Å². The number of hydrogen-bond donors (Lipinski definition) is 1. The van der Waals surface area contributed by atoms with Gasteiger partial charge in [0, 0.05) is 25.7 Å². The molecule has 15 heavy (non-hydrogen) atoms. The molecule has 0 bridgehead atoms. The Labute approximate surface area is 92.1 Å². The number of likely N-dealkylation sites (N-methyl/N-ethyl adjacent to an activating group) is 1. The van der Waals surface area contributed by atoms with Crippen LogP contribution in [-0.4, -0.2) is 27.6 Å². The Morgan fingerprint density at radius 3 is 2.53 bits per heavy atom. The van der Waals surface area contributed by atoms with Crippen molar-refractivity contribution in [1.29, 1.82) is 0 Å². The topological polar surface area (TPSA) is 42.7 Å². The van der Waals surface area contributed by atoms with E-state index in [4.69, 9.17) is 0 Å². The molecule has 1 aromatic heterocycles. The third-order valence-electron chi connectivity index (χ3n) is 2.56. The summed E-state index contributed by atoms with van der Waals surface area (Å²) >= 11 is 0. The summed E-state index contributed by atoms with van der Waals surface area (Å²) in [5, 5.41) is 11.6. The lowest BCUT2D eigenvalue weighted by atomic mass is 9.84. The molecule has 0 aromatic carbocycles. The van der Waals surface area contributed by atoms with Crippen LogP contribution in [0.4, 0.5) is 0 Å². The molecule has 0 radical (unpaired) electrons. The molecule has 4 nitrogen and oxygen atoms in total. The quantitative estimate of drug-likeness (QED) is 0.816. The number of nitrogens with zero attached hydrogens (tertiary/aromatic N) is 3. The van der Waals surface area contributed by atoms with E-state index in [9.17, 15) is 0 Å². The summed E-state index contributed by atoms with van der Waals surface area (Å²) in [5.41, 5.74) is 1.30. The van der Waals surface area contributed by atoms with Gasteiger partial charge < -0.3 is 5.32 Å². The fourth-order valence-corrected chi connectivity index (χ4v) is 1.63. The minimum Gasteiger partial charge on any atom is -0.313 e. The first-order valence-electron chi connectivity index (χ1n) is 5.52. The molecule has 1 atom stereocenters. The van der Waals surface area contributed by atoms with Crippen LogP contribution in [-0.2, 0) is 13.5 Å². The Morgan fingerprint density at radius 2 is 2.13 bits per heavy atom. The van der Waals surface area contributed by atoms with Gasteiger partial charge in [0.05, 0.1) is 5.69 Å². The first-order chi connectivity index (χ1) is 6.93. The molecule has 1 aromatic rings. The van der Waals surface area contributed by atoms with Crippen molar-refractivity contribution in [3.63, 3.8) is 0 Å². The molecule has 1 N–H and O–H groups in total. The molecule has 0 spiro atoms. The maximum absolute atomic E-state index is 4.12. The van der Waals surface area contributed by atoms with Crippen LogP contribution < -0.4 is 5.32 Å². The first kappa shape index (κ1) is 12.2. The van der Waals surface area contributed by atoms with E-state index in [1.807, 2.05) is 13.2 Å². The molecule has 1 rings (SSSR count). The van der Waals surface area contributed by atoms with Gasteiger partial charge in [-0.1, -0.05) is 32.9 Å². The SMILES string of the molecule is CCNC(Cc1cn(C)nn1)C(C)(C)C. The molecular weight excluding hydrogens is 188 g/mol. The van der Waals surface area contributed by atoms with Crippen molar-refractivity contribution in [3.8, 4) is 0 Å². The number of aryl methyl sites for hydroxylation is 1. The Morgan fingerprint density at radius 1 is 1.47 bits per heavy atom. The first-order valence-corrected chi connectivity index (χ1v) is 5.52. The van der Waals surface area contributed by atoms with Gasteiger partial charge in [-0.3, -0.25) is 4.68 Å². The predicted octanol–water partition coefficient (Wildman–Crippen LogP) is 1.38. The van der Waals surface area contributed by atoms with Gasteiger partial charge in [-0.15, -0.1) is 5.10 Å². The Balaban J connectivity index is 2.66. The van der Waals surface area contributed by atoms with Crippen LogP contribution in [0.2, 0.25) is 0 Å². The molecule has 4 heteroatoms. The summed E-state index contributed by atoms with van der Waals surface area (Å²) < 4.78 is 1.75. The molecular formula is C11H22N4. The highest BCUT2D eigenvalue weighted by molar-refractivity contribution is 4.98. The Kier molecular flexibility index (Phi) is 3.85. The highest BCUT2D eigenvalue weighted by Gasteiger charge is 2.24. The van der Waals surface area contributed by atoms with Crippen molar-refractivity contribution in [2.75, 3.05) is 6.54 Å². The average molecular weight is 210 g/mol. The molecule has 0 saturated heterocycles. The average Bonchev–Trinajstić information content (AvgIpc) is 2.49. The molecule has 0 saturated carbocycles. The van der Waals surface area contributed by atoms with E-state index >= 15 is 0 Å². The largest absolute Gasteiger partial charge is 0.313 e. The van der Waals surface area contributed by atoms with Crippen molar-refractivity contribution >= 4 is 0 Å². The fourth-order valence-electron chi connectivity index (χ4n) is 1.63. The molecule has 86 valence electrons. The molecule has 1 unspecified atom stereocenters. The molecule has 0 aliphatic carbocycles.